The number of likely N-dealkylation sites (tertiary alicyclic amines) is 1. The number of carbonyl (C=O) groups is 2. The summed E-state index contributed by atoms with van der Waals surface area (Å²) in [6, 6.07) is 0. The Hall–Kier alpha value is -1.06. The average molecular weight is 279 g/mol. The number of piperidine rings is 1. The van der Waals surface area contributed by atoms with Crippen molar-refractivity contribution in [3.8, 4) is 0 Å². The molecule has 2 saturated carbocycles. The first-order valence-corrected chi connectivity index (χ1v) is 8.16. The molecule has 1 amide bonds. The van der Waals surface area contributed by atoms with Gasteiger partial charge in [0.15, 0.2) is 0 Å². The van der Waals surface area contributed by atoms with E-state index in [2.05, 4.69) is 0 Å². The Morgan fingerprint density at radius 2 is 1.55 bits per heavy atom. The van der Waals surface area contributed by atoms with E-state index in [0.29, 0.717) is 5.91 Å². The topological polar surface area (TPSA) is 57.6 Å². The first kappa shape index (κ1) is 13.9. The molecular formula is C16H25NO3. The van der Waals surface area contributed by atoms with Crippen molar-refractivity contribution < 1.29 is 14.7 Å². The van der Waals surface area contributed by atoms with E-state index in [1.54, 1.807) is 0 Å². The number of aliphatic carboxylic acids is 1. The van der Waals surface area contributed by atoms with Crippen LogP contribution >= 0.6 is 0 Å². The van der Waals surface area contributed by atoms with Crippen LogP contribution in [0, 0.1) is 17.3 Å². The summed E-state index contributed by atoms with van der Waals surface area (Å²) in [4.78, 5) is 25.8. The van der Waals surface area contributed by atoms with Gasteiger partial charge in [-0.3, -0.25) is 9.59 Å². The van der Waals surface area contributed by atoms with Crippen LogP contribution in [0.2, 0.25) is 0 Å². The molecule has 112 valence electrons. The Morgan fingerprint density at radius 3 is 2.05 bits per heavy atom. The van der Waals surface area contributed by atoms with E-state index in [0.717, 1.165) is 51.6 Å². The molecule has 3 rings (SSSR count). The van der Waals surface area contributed by atoms with Gasteiger partial charge in [-0.15, -0.1) is 0 Å². The Balaban J connectivity index is 1.53. The highest BCUT2D eigenvalue weighted by molar-refractivity contribution is 5.80. The molecule has 0 radical (unpaired) electrons. The van der Waals surface area contributed by atoms with Crippen LogP contribution < -0.4 is 0 Å². The van der Waals surface area contributed by atoms with E-state index in [4.69, 9.17) is 0 Å². The maximum Gasteiger partial charge on any atom is 0.309 e. The predicted molar refractivity (Wildman–Crippen MR) is 75.2 cm³/mol. The maximum atomic E-state index is 12.5. The number of carboxylic acid groups (broad SMARTS) is 1. The van der Waals surface area contributed by atoms with Crippen molar-refractivity contribution in [2.24, 2.45) is 17.3 Å². The highest BCUT2D eigenvalue weighted by Crippen LogP contribution is 2.55. The molecule has 1 N–H and O–H groups in total. The molecule has 0 spiro atoms. The molecule has 0 aromatic rings. The van der Waals surface area contributed by atoms with Crippen LogP contribution in [0.4, 0.5) is 0 Å². The Bertz CT molecular complexity index is 389. The summed E-state index contributed by atoms with van der Waals surface area (Å²) in [5.41, 5.74) is -0.431. The van der Waals surface area contributed by atoms with E-state index < -0.39 is 11.4 Å². The lowest BCUT2D eigenvalue weighted by Crippen LogP contribution is -2.44. The molecule has 4 heteroatoms. The molecule has 20 heavy (non-hydrogen) atoms. The fourth-order valence-corrected chi connectivity index (χ4v) is 4.19. The first-order chi connectivity index (χ1) is 9.63. The van der Waals surface area contributed by atoms with E-state index in [9.17, 15) is 14.7 Å². The van der Waals surface area contributed by atoms with Gasteiger partial charge >= 0.3 is 5.97 Å². The summed E-state index contributed by atoms with van der Waals surface area (Å²) in [6.07, 6.45) is 9.19. The van der Waals surface area contributed by atoms with Crippen LogP contribution in [0.1, 0.15) is 57.8 Å². The molecular weight excluding hydrogens is 254 g/mol. The van der Waals surface area contributed by atoms with Gasteiger partial charge in [-0.25, -0.2) is 0 Å². The van der Waals surface area contributed by atoms with E-state index in [1.165, 1.54) is 19.3 Å². The van der Waals surface area contributed by atoms with Crippen molar-refractivity contribution in [1.82, 2.24) is 4.90 Å². The van der Waals surface area contributed by atoms with Crippen molar-refractivity contribution in [3.63, 3.8) is 0 Å². The quantitative estimate of drug-likeness (QED) is 0.864. The molecule has 1 heterocycles. The van der Waals surface area contributed by atoms with Gasteiger partial charge in [-0.1, -0.05) is 19.3 Å². The number of hydrogen-bond acceptors (Lipinski definition) is 2. The molecule has 3 fully saturated rings. The number of carboxylic acids is 1. The Morgan fingerprint density at radius 1 is 0.950 bits per heavy atom. The van der Waals surface area contributed by atoms with E-state index in [1.807, 2.05) is 4.90 Å². The van der Waals surface area contributed by atoms with Crippen LogP contribution in [-0.2, 0) is 9.59 Å². The van der Waals surface area contributed by atoms with E-state index >= 15 is 0 Å². The van der Waals surface area contributed by atoms with Gasteiger partial charge in [0, 0.05) is 19.0 Å². The summed E-state index contributed by atoms with van der Waals surface area (Å²) < 4.78 is 0. The highest BCUT2D eigenvalue weighted by Gasteiger charge is 2.56. The van der Waals surface area contributed by atoms with Gasteiger partial charge in [-0.05, 0) is 44.4 Å². The summed E-state index contributed by atoms with van der Waals surface area (Å²) in [7, 11) is 0. The summed E-state index contributed by atoms with van der Waals surface area (Å²) in [6.45, 7) is 1.55. The zero-order chi connectivity index (χ0) is 14.2. The molecule has 0 aromatic heterocycles. The number of rotatable bonds is 3. The minimum Gasteiger partial charge on any atom is -0.481 e. The molecule has 1 aliphatic heterocycles. The number of carbonyl (C=O) groups excluding carboxylic acids is 1. The first-order valence-electron chi connectivity index (χ1n) is 8.16. The Kier molecular flexibility index (Phi) is 3.74. The third kappa shape index (κ3) is 2.45. The monoisotopic (exact) mass is 279 g/mol. The zero-order valence-corrected chi connectivity index (χ0v) is 12.1. The molecule has 2 aliphatic carbocycles. The largest absolute Gasteiger partial charge is 0.481 e. The van der Waals surface area contributed by atoms with Gasteiger partial charge in [0.1, 0.15) is 0 Å². The van der Waals surface area contributed by atoms with Gasteiger partial charge in [0.25, 0.3) is 0 Å². The molecule has 0 aromatic carbocycles. The lowest BCUT2D eigenvalue weighted by Gasteiger charge is -2.37. The number of hydrogen-bond donors (Lipinski definition) is 1. The average Bonchev–Trinajstić information content (AvgIpc) is 3.29. The predicted octanol–water partition coefficient (Wildman–Crippen LogP) is 2.67. The third-order valence-electron chi connectivity index (χ3n) is 5.76. The standard InChI is InChI=1S/C16H25NO3/c18-14(12-4-2-1-3-5-12)17-10-6-13(7-11-17)16(8-9-16)15(19)20/h12-13H,1-11H2,(H,19,20). The van der Waals surface area contributed by atoms with Crippen molar-refractivity contribution >= 4 is 11.9 Å². The summed E-state index contributed by atoms with van der Waals surface area (Å²) in [5.74, 6) is 0.253. The third-order valence-corrected chi connectivity index (χ3v) is 5.76. The van der Waals surface area contributed by atoms with Crippen molar-refractivity contribution in [1.29, 1.82) is 0 Å². The zero-order valence-electron chi connectivity index (χ0n) is 12.1. The fraction of sp³-hybridized carbons (Fsp3) is 0.875. The number of nitrogens with zero attached hydrogens (tertiary/aromatic N) is 1. The van der Waals surface area contributed by atoms with Crippen LogP contribution in [0.25, 0.3) is 0 Å². The second-order valence-electron chi connectivity index (χ2n) is 6.90. The maximum absolute atomic E-state index is 12.5. The van der Waals surface area contributed by atoms with Crippen LogP contribution in [0.15, 0.2) is 0 Å². The van der Waals surface area contributed by atoms with Crippen LogP contribution in [0.5, 0.6) is 0 Å². The molecule has 0 unspecified atom stereocenters. The molecule has 0 bridgehead atoms. The lowest BCUT2D eigenvalue weighted by atomic mass is 9.81. The summed E-state index contributed by atoms with van der Waals surface area (Å²) in [5, 5.41) is 9.35. The fourth-order valence-electron chi connectivity index (χ4n) is 4.19. The lowest BCUT2D eigenvalue weighted by molar-refractivity contribution is -0.147. The minimum absolute atomic E-state index is 0.245. The normalized spacial score (nSPS) is 27.3. The van der Waals surface area contributed by atoms with Gasteiger partial charge in [0.2, 0.25) is 5.91 Å². The SMILES string of the molecule is O=C(C1CCCCC1)N1CCC(C2(C(=O)O)CC2)CC1. The smallest absolute Gasteiger partial charge is 0.309 e. The minimum atomic E-state index is -0.616. The van der Waals surface area contributed by atoms with Crippen molar-refractivity contribution in [2.45, 2.75) is 57.8 Å². The molecule has 3 aliphatic rings. The van der Waals surface area contributed by atoms with Crippen molar-refractivity contribution in [2.75, 3.05) is 13.1 Å². The number of amides is 1. The van der Waals surface area contributed by atoms with Gasteiger partial charge < -0.3 is 10.0 Å². The second kappa shape index (κ2) is 5.38. The van der Waals surface area contributed by atoms with E-state index in [-0.39, 0.29) is 11.8 Å². The molecule has 0 atom stereocenters. The Labute approximate surface area is 120 Å². The van der Waals surface area contributed by atoms with Gasteiger partial charge in [-0.2, -0.15) is 0 Å². The van der Waals surface area contributed by atoms with Crippen LogP contribution in [0.3, 0.4) is 0 Å². The summed E-state index contributed by atoms with van der Waals surface area (Å²) >= 11 is 0. The second-order valence-corrected chi connectivity index (χ2v) is 6.90. The molecule has 1 saturated heterocycles. The molecule has 4 nitrogen and oxygen atoms in total. The highest BCUT2D eigenvalue weighted by atomic mass is 16.4. The van der Waals surface area contributed by atoms with Crippen molar-refractivity contribution in [3.05, 3.63) is 0 Å². The van der Waals surface area contributed by atoms with Crippen LogP contribution in [-0.4, -0.2) is 35.0 Å². The van der Waals surface area contributed by atoms with Gasteiger partial charge in [0.05, 0.1) is 5.41 Å².